The highest BCUT2D eigenvalue weighted by molar-refractivity contribution is 6.34. The van der Waals surface area contributed by atoms with Crippen LogP contribution in [0.2, 0.25) is 5.02 Å². The van der Waals surface area contributed by atoms with Gasteiger partial charge in [0, 0.05) is 22.7 Å². The first-order valence-electron chi connectivity index (χ1n) is 8.40. The Morgan fingerprint density at radius 3 is 2.77 bits per heavy atom. The molecule has 0 saturated carbocycles. The van der Waals surface area contributed by atoms with E-state index in [1.807, 2.05) is 24.3 Å². The molecule has 3 aromatic rings. The number of aromatic nitrogens is 1. The van der Waals surface area contributed by atoms with Gasteiger partial charge in [0.15, 0.2) is 0 Å². The molecule has 0 radical (unpaired) electrons. The summed E-state index contributed by atoms with van der Waals surface area (Å²) in [6.07, 6.45) is 2.39. The number of aliphatic imine (C=N–C) groups is 1. The molecule has 3 nitrogen and oxygen atoms in total. The summed E-state index contributed by atoms with van der Waals surface area (Å²) in [7, 11) is 1.61. The van der Waals surface area contributed by atoms with Crippen molar-refractivity contribution in [2.75, 3.05) is 7.11 Å². The fraction of sp³-hybridized carbons (Fsp3) is 0.238. The van der Waals surface area contributed by atoms with Gasteiger partial charge >= 0.3 is 0 Å². The normalized spacial score (nSPS) is 15.5. The maximum absolute atomic E-state index is 13.9. The van der Waals surface area contributed by atoms with Gasteiger partial charge in [0.2, 0.25) is 0 Å². The molecule has 0 amide bonds. The quantitative estimate of drug-likeness (QED) is 0.622. The maximum Gasteiger partial charge on any atom is 0.149 e. The number of para-hydroxylation sites is 1. The molecule has 0 bridgehead atoms. The van der Waals surface area contributed by atoms with Crippen LogP contribution in [0.5, 0.6) is 5.75 Å². The molecule has 0 N–H and O–H groups in total. The number of rotatable bonds is 2. The summed E-state index contributed by atoms with van der Waals surface area (Å²) in [5, 5.41) is 1.36. The Morgan fingerprint density at radius 1 is 1.19 bits per heavy atom. The first kappa shape index (κ1) is 17.0. The van der Waals surface area contributed by atoms with Gasteiger partial charge in [0.1, 0.15) is 17.1 Å². The van der Waals surface area contributed by atoms with Gasteiger partial charge in [-0.25, -0.2) is 4.39 Å². The fourth-order valence-corrected chi connectivity index (χ4v) is 3.77. The van der Waals surface area contributed by atoms with Gasteiger partial charge in [0.05, 0.1) is 23.4 Å². The predicted octanol–water partition coefficient (Wildman–Crippen LogP) is 5.21. The monoisotopic (exact) mass is 368 g/mol. The molecule has 0 aliphatic carbocycles. The zero-order chi connectivity index (χ0) is 18.5. The minimum atomic E-state index is -0.326. The van der Waals surface area contributed by atoms with E-state index in [-0.39, 0.29) is 11.4 Å². The minimum Gasteiger partial charge on any atom is -0.495 e. The summed E-state index contributed by atoms with van der Waals surface area (Å²) < 4.78 is 19.3. The van der Waals surface area contributed by atoms with Crippen LogP contribution in [-0.2, 0) is 6.42 Å². The molecule has 0 saturated heterocycles. The highest BCUT2D eigenvalue weighted by Crippen LogP contribution is 2.38. The first-order valence-corrected chi connectivity index (χ1v) is 8.78. The van der Waals surface area contributed by atoms with Crippen molar-refractivity contribution >= 4 is 28.2 Å². The summed E-state index contributed by atoms with van der Waals surface area (Å²) in [5.74, 6) is 0.328. The molecule has 0 atom stereocenters. The zero-order valence-corrected chi connectivity index (χ0v) is 15.6. The number of methoxy groups -OCH3 is 1. The lowest BCUT2D eigenvalue weighted by Crippen LogP contribution is -2.29. The molecule has 5 heteroatoms. The summed E-state index contributed by atoms with van der Waals surface area (Å²) in [5.41, 5.74) is 3.70. The van der Waals surface area contributed by atoms with Gasteiger partial charge in [-0.3, -0.25) is 9.98 Å². The van der Waals surface area contributed by atoms with E-state index in [1.165, 1.54) is 6.07 Å². The van der Waals surface area contributed by atoms with Crippen molar-refractivity contribution in [2.24, 2.45) is 4.99 Å². The van der Waals surface area contributed by atoms with Crippen molar-refractivity contribution in [3.63, 3.8) is 0 Å². The second kappa shape index (κ2) is 6.06. The van der Waals surface area contributed by atoms with E-state index < -0.39 is 0 Å². The summed E-state index contributed by atoms with van der Waals surface area (Å²) in [6.45, 7) is 4.14. The topological polar surface area (TPSA) is 34.5 Å². The van der Waals surface area contributed by atoms with E-state index in [0.29, 0.717) is 16.3 Å². The number of fused-ring (bicyclic) bond motifs is 2. The van der Waals surface area contributed by atoms with E-state index in [1.54, 1.807) is 19.4 Å². The first-order chi connectivity index (χ1) is 12.4. The third-order valence-electron chi connectivity index (χ3n) is 4.64. The Balaban J connectivity index is 1.94. The van der Waals surface area contributed by atoms with E-state index >= 15 is 0 Å². The molecule has 2 heterocycles. The second-order valence-corrected chi connectivity index (χ2v) is 7.47. The smallest absolute Gasteiger partial charge is 0.149 e. The Morgan fingerprint density at radius 2 is 2.00 bits per heavy atom. The highest BCUT2D eigenvalue weighted by atomic mass is 35.5. The SMILES string of the molecule is COc1ccc2c(c1Cl)CC(C)(C)N=C2c1cnc2c(F)cccc2c1. The lowest BCUT2D eigenvalue weighted by molar-refractivity contribution is 0.413. The molecule has 2 aromatic carbocycles. The maximum atomic E-state index is 13.9. The lowest BCUT2D eigenvalue weighted by Gasteiger charge is -2.30. The van der Waals surface area contributed by atoms with Crippen LogP contribution >= 0.6 is 11.6 Å². The number of halogens is 2. The number of hydrogen-bond donors (Lipinski definition) is 0. The lowest BCUT2D eigenvalue weighted by atomic mass is 9.85. The van der Waals surface area contributed by atoms with Gasteiger partial charge < -0.3 is 4.74 Å². The zero-order valence-electron chi connectivity index (χ0n) is 14.8. The van der Waals surface area contributed by atoms with Crippen LogP contribution < -0.4 is 4.74 Å². The van der Waals surface area contributed by atoms with E-state index in [0.717, 1.165) is 34.2 Å². The summed E-state index contributed by atoms with van der Waals surface area (Å²) >= 11 is 6.58. The number of benzene rings is 2. The number of nitrogens with zero attached hydrogens (tertiary/aromatic N) is 2. The molecule has 1 aliphatic rings. The van der Waals surface area contributed by atoms with Crippen LogP contribution in [0.1, 0.15) is 30.5 Å². The average molecular weight is 369 g/mol. The molecule has 26 heavy (non-hydrogen) atoms. The molecular formula is C21H18ClFN2O. The molecule has 132 valence electrons. The summed E-state index contributed by atoms with van der Waals surface area (Å²) in [6, 6.07) is 10.7. The van der Waals surface area contributed by atoms with Crippen LogP contribution in [0.3, 0.4) is 0 Å². The summed E-state index contributed by atoms with van der Waals surface area (Å²) in [4.78, 5) is 9.25. The van der Waals surface area contributed by atoms with E-state index in [4.69, 9.17) is 21.3 Å². The number of pyridine rings is 1. The molecule has 1 aliphatic heterocycles. The third-order valence-corrected chi connectivity index (χ3v) is 5.06. The Labute approximate surface area is 156 Å². The Kier molecular flexibility index (Phi) is 3.96. The molecular weight excluding hydrogens is 351 g/mol. The van der Waals surface area contributed by atoms with Crippen molar-refractivity contribution in [3.05, 3.63) is 70.1 Å². The van der Waals surface area contributed by atoms with Crippen LogP contribution in [0.25, 0.3) is 10.9 Å². The van der Waals surface area contributed by atoms with Crippen molar-refractivity contribution in [1.82, 2.24) is 4.98 Å². The van der Waals surface area contributed by atoms with E-state index in [2.05, 4.69) is 18.8 Å². The van der Waals surface area contributed by atoms with Crippen molar-refractivity contribution in [2.45, 2.75) is 25.8 Å². The number of ether oxygens (including phenoxy) is 1. The van der Waals surface area contributed by atoms with Crippen LogP contribution in [0, 0.1) is 5.82 Å². The second-order valence-electron chi connectivity index (χ2n) is 7.09. The van der Waals surface area contributed by atoms with Crippen LogP contribution in [0.4, 0.5) is 4.39 Å². The Bertz CT molecular complexity index is 1060. The average Bonchev–Trinajstić information content (AvgIpc) is 2.61. The molecule has 0 spiro atoms. The predicted molar refractivity (Wildman–Crippen MR) is 103 cm³/mol. The molecule has 0 fully saturated rings. The minimum absolute atomic E-state index is 0.310. The highest BCUT2D eigenvalue weighted by Gasteiger charge is 2.30. The van der Waals surface area contributed by atoms with Crippen molar-refractivity contribution < 1.29 is 9.13 Å². The van der Waals surface area contributed by atoms with Gasteiger partial charge in [0.25, 0.3) is 0 Å². The van der Waals surface area contributed by atoms with Crippen LogP contribution in [0.15, 0.2) is 47.6 Å². The largest absolute Gasteiger partial charge is 0.495 e. The van der Waals surface area contributed by atoms with E-state index in [9.17, 15) is 4.39 Å². The van der Waals surface area contributed by atoms with Gasteiger partial charge in [-0.1, -0.05) is 23.7 Å². The van der Waals surface area contributed by atoms with Crippen molar-refractivity contribution in [3.8, 4) is 5.75 Å². The van der Waals surface area contributed by atoms with Gasteiger partial charge in [-0.05, 0) is 50.1 Å². The van der Waals surface area contributed by atoms with Gasteiger partial charge in [-0.15, -0.1) is 0 Å². The molecule has 1 aromatic heterocycles. The Hall–Kier alpha value is -2.46. The standard InChI is InChI=1S/C21H18ClFN2O/c1-21(2)10-15-14(7-8-17(26-3)18(15)22)19(25-21)13-9-12-5-4-6-16(23)20(12)24-11-13/h4-9,11H,10H2,1-3H3. The number of hydrogen-bond acceptors (Lipinski definition) is 3. The fourth-order valence-electron chi connectivity index (χ4n) is 3.46. The molecule has 0 unspecified atom stereocenters. The van der Waals surface area contributed by atoms with Gasteiger partial charge in [-0.2, -0.15) is 0 Å². The molecule has 4 rings (SSSR count). The van der Waals surface area contributed by atoms with Crippen molar-refractivity contribution in [1.29, 1.82) is 0 Å². The van der Waals surface area contributed by atoms with Crippen LogP contribution in [-0.4, -0.2) is 23.3 Å². The third kappa shape index (κ3) is 2.74.